The van der Waals surface area contributed by atoms with Crippen LogP contribution in [0.5, 0.6) is 11.5 Å². The number of aromatic hydroxyl groups is 1. The van der Waals surface area contributed by atoms with E-state index in [9.17, 15) is 68.1 Å². The van der Waals surface area contributed by atoms with Crippen molar-refractivity contribution >= 4 is 154 Å². The highest BCUT2D eigenvalue weighted by molar-refractivity contribution is 8.77. The average molecular weight is 1910 g/mol. The molecule has 3 saturated heterocycles. The second-order valence-electron chi connectivity index (χ2n) is 33.2. The fourth-order valence-electron chi connectivity index (χ4n) is 15.4. The largest absolute Gasteiger partial charge is 0.508 e. The number of nitrogens with two attached hydrogens (primary N) is 4. The number of unbranched alkanes of at least 4 members (excludes halogenated alkanes) is 1. The number of ether oxygens (including phenoxy) is 5. The number of amides is 12. The molecule has 1 aromatic heterocycles. The van der Waals surface area contributed by atoms with Crippen LogP contribution in [0.2, 0.25) is 5.02 Å². The van der Waals surface area contributed by atoms with Crippen LogP contribution in [0, 0.1) is 11.8 Å². The van der Waals surface area contributed by atoms with Crippen molar-refractivity contribution in [1.29, 1.82) is 0 Å². The molecule has 42 heteroatoms. The molecule has 12 amide bonds. The van der Waals surface area contributed by atoms with Gasteiger partial charge in [0.2, 0.25) is 65.0 Å². The minimum atomic E-state index is -1.95. The molecule has 4 aliphatic rings. The fraction of sp³-hybridized carbons (Fsp3) is 0.506. The predicted molar refractivity (Wildman–Crippen MR) is 496 cm³/mol. The number of anilines is 1. The Bertz CT molecular complexity index is 4980. The van der Waals surface area contributed by atoms with E-state index in [4.69, 9.17) is 58.2 Å². The van der Waals surface area contributed by atoms with E-state index in [1.165, 1.54) is 59.2 Å². The van der Waals surface area contributed by atoms with E-state index in [1.807, 2.05) is 13.0 Å². The molecule has 0 unspecified atom stereocenters. The van der Waals surface area contributed by atoms with Crippen LogP contribution >= 0.6 is 54.8 Å². The molecule has 0 radical (unpaired) electrons. The fourth-order valence-corrected chi connectivity index (χ4v) is 20.2. The number of primary amides is 2. The van der Waals surface area contributed by atoms with Gasteiger partial charge in [0.25, 0.3) is 0 Å². The highest BCUT2D eigenvalue weighted by Crippen LogP contribution is 2.50. The summed E-state index contributed by atoms with van der Waals surface area (Å²) in [6, 6.07) is 12.0. The van der Waals surface area contributed by atoms with E-state index in [0.29, 0.717) is 46.0 Å². The lowest BCUT2D eigenvalue weighted by atomic mass is 9.83. The zero-order valence-corrected chi connectivity index (χ0v) is 78.3. The zero-order chi connectivity index (χ0) is 95.7. The summed E-state index contributed by atoms with van der Waals surface area (Å²) >= 11 is 6.88. The van der Waals surface area contributed by atoms with Gasteiger partial charge in [-0.3, -0.25) is 62.9 Å². The average Bonchev–Trinajstić information content (AvgIpc) is 1.57. The maximum absolute atomic E-state index is 15.1. The maximum Gasteiger partial charge on any atom is 0.409 e. The van der Waals surface area contributed by atoms with Crippen LogP contribution in [0.3, 0.4) is 0 Å². The Kier molecular flexibility index (Phi) is 38.8. The van der Waals surface area contributed by atoms with Crippen LogP contribution in [0.25, 0.3) is 10.9 Å². The third-order valence-corrected chi connectivity index (χ3v) is 28.6. The summed E-state index contributed by atoms with van der Waals surface area (Å²) in [4.78, 5) is 205. The van der Waals surface area contributed by atoms with Crippen molar-refractivity contribution in [1.82, 2.24) is 52.4 Å². The zero-order valence-electron chi connectivity index (χ0n) is 74.2. The number of methoxy groups -OCH3 is 2. The van der Waals surface area contributed by atoms with Crippen molar-refractivity contribution in [2.75, 3.05) is 62.8 Å². The number of aliphatic hydroxyl groups excluding tert-OH is 1. The first kappa shape index (κ1) is 104. The number of nitrogens with one attached hydrogen (secondary N) is 9. The highest BCUT2D eigenvalue weighted by Gasteiger charge is 2.65. The van der Waals surface area contributed by atoms with Crippen LogP contribution in [0.4, 0.5) is 10.5 Å². The summed E-state index contributed by atoms with van der Waals surface area (Å²) in [5, 5.41) is 55.3. The van der Waals surface area contributed by atoms with E-state index in [-0.39, 0.29) is 91.0 Å². The van der Waals surface area contributed by atoms with Crippen LogP contribution < -0.4 is 75.1 Å². The number of rotatable bonds is 32. The molecular weight excluding hydrogens is 1790 g/mol. The van der Waals surface area contributed by atoms with Gasteiger partial charge in [-0.15, -0.1) is 0 Å². The molecule has 0 saturated carbocycles. The number of Topliss-reactive ketones (excluding diaryl/α,β-unsaturated/α-hetero) is 1. The van der Waals surface area contributed by atoms with Gasteiger partial charge in [0.05, 0.1) is 43.5 Å². The number of allylic oxidation sites excluding steroid dienone is 3. The molecule has 4 aromatic carbocycles. The molecule has 4 bridgehead atoms. The number of ketones is 1. The number of likely N-dealkylation sites (N-methyl/N-ethyl adjacent to an activating group) is 1. The Morgan fingerprint density at radius 3 is 2.19 bits per heavy atom. The summed E-state index contributed by atoms with van der Waals surface area (Å²) in [6.45, 7) is 8.02. The number of phenolic OH excluding ortho intramolecular Hbond substituents is 1. The van der Waals surface area contributed by atoms with Crippen molar-refractivity contribution in [3.05, 3.63) is 148 Å². The second kappa shape index (κ2) is 48.8. The summed E-state index contributed by atoms with van der Waals surface area (Å²) in [7, 11) is 9.71. The van der Waals surface area contributed by atoms with Crippen molar-refractivity contribution in [3.63, 3.8) is 0 Å². The number of carbonyl (C=O) groups excluding carboxylic acids is 14. The summed E-state index contributed by atoms with van der Waals surface area (Å²) in [6.07, 6.45) is -1.85. The number of benzene rings is 4. The minimum Gasteiger partial charge on any atom is -0.508 e. The highest BCUT2D eigenvalue weighted by atomic mass is 35.5. The number of hydrogen-bond acceptors (Lipinski definition) is 28. The van der Waals surface area contributed by atoms with E-state index in [2.05, 4.69) is 47.5 Å². The number of fused-ring (bicyclic) bond motifs is 6. The van der Waals surface area contributed by atoms with Crippen LogP contribution in [-0.2, 0) is 107 Å². The van der Waals surface area contributed by atoms with Crippen molar-refractivity contribution < 1.29 is 106 Å². The monoisotopic (exact) mass is 1910 g/mol. The van der Waals surface area contributed by atoms with Gasteiger partial charge in [0.1, 0.15) is 82.7 Å². The molecule has 131 heavy (non-hydrogen) atoms. The van der Waals surface area contributed by atoms with Gasteiger partial charge in [-0.1, -0.05) is 146 Å². The number of aromatic nitrogens is 1. The van der Waals surface area contributed by atoms with E-state index in [1.54, 1.807) is 111 Å². The first-order valence-electron chi connectivity index (χ1n) is 42.8. The molecule has 20 N–H and O–H groups in total. The van der Waals surface area contributed by atoms with Gasteiger partial charge in [-0.25, -0.2) is 9.59 Å². The lowest BCUT2D eigenvalue weighted by molar-refractivity contribution is -0.162. The number of carbonyl (C=O) groups is 14. The van der Waals surface area contributed by atoms with Crippen LogP contribution in [-0.4, -0.2) is 262 Å². The molecule has 0 aliphatic carbocycles. The molecule has 5 aromatic rings. The topological polar surface area (TPSA) is 572 Å². The number of H-pyrrole nitrogens is 1. The number of phenols is 1. The van der Waals surface area contributed by atoms with Crippen molar-refractivity contribution in [3.8, 4) is 11.5 Å². The first-order chi connectivity index (χ1) is 62.2. The molecule has 3 fully saturated rings. The number of aromatic amines is 1. The van der Waals surface area contributed by atoms with Gasteiger partial charge in [0, 0.05) is 105 Å². The summed E-state index contributed by atoms with van der Waals surface area (Å²) < 4.78 is 29.6. The van der Waals surface area contributed by atoms with Crippen LogP contribution in [0.15, 0.2) is 121 Å². The van der Waals surface area contributed by atoms with Gasteiger partial charge in [-0.05, 0) is 132 Å². The summed E-state index contributed by atoms with van der Waals surface area (Å²) in [5.41, 5.74) is 25.0. The Balaban J connectivity index is 0.862. The standard InChI is InChI=1S/C89H118ClN15O22S4/c1-47-18-17-24-70(124-9)89(122)42-69(125-87(121)103-89)48(2)77-88(5,127-77)71(41-74(111)105(7)66-37-53(34-47)38-68(123-8)75(66)90)126-86(120)49(3)104(6)73(110)31-33-128-129-45-64(79(94)113)96-72(109)30-29-60(78(93)112)97-84(118)65-46-131-130-44-63(100-81(115)58(92)36-51-19-11-10-12-20-51)67(108)40-54(35-52-25-27-56(107)28-26-52)80(114)99-62(39-55-43-95-59-22-14-13-21-57(55)59)83(117)98-61(23-15-16-32-91)82(116)102-76(50(4)106)85(119)101-65/h10-14,17-22,24-28,37-38,43,48-50,54,58,60-65,69-71,76-77,95,106-107,122H,15-16,23,29-36,39-42,44-46,91-92H2,1-9H3,(H2,93,112)(H2,94,113)(H,96,109)(H,97,118)(H,98,117)(H,99,114)(H,100,115)(H,101,119)(H,102,116)(H,103,121)/b24-17+,47-18+/t48-,49+,50-,54-,58-,60+,61+,62-,63+,64+,65+,69+,70-,71+,76+,77+,88+,89+/m1/s1. The predicted octanol–water partition coefficient (Wildman–Crippen LogP) is 3.15. The molecule has 9 rings (SSSR count). The molecule has 37 nitrogen and oxygen atoms in total. The van der Waals surface area contributed by atoms with Crippen LogP contribution in [0.1, 0.15) is 115 Å². The van der Waals surface area contributed by atoms with Gasteiger partial charge in [0.15, 0.2) is 11.5 Å². The Morgan fingerprint density at radius 1 is 0.817 bits per heavy atom. The van der Waals surface area contributed by atoms with E-state index < -0.39 is 222 Å². The lowest BCUT2D eigenvalue weighted by Gasteiger charge is -2.42. The maximum atomic E-state index is 15.1. The van der Waals surface area contributed by atoms with Gasteiger partial charge in [-0.2, -0.15) is 0 Å². The number of hydrogen-bond donors (Lipinski definition) is 16. The quantitative estimate of drug-likeness (QED) is 0.0127. The molecular formula is C89H118ClN15O22S4. The lowest BCUT2D eigenvalue weighted by Crippen LogP contribution is -2.63. The Hall–Kier alpha value is -10.5. The van der Waals surface area contributed by atoms with E-state index in [0.717, 1.165) is 53.6 Å². The molecule has 4 aliphatic heterocycles. The smallest absolute Gasteiger partial charge is 0.409 e. The third kappa shape index (κ3) is 29.3. The molecule has 712 valence electrons. The number of para-hydroxylation sites is 1. The number of nitrogens with zero attached hydrogens (tertiary/aromatic N) is 2. The number of aliphatic hydroxyl groups is 2. The van der Waals surface area contributed by atoms with Gasteiger partial charge < -0.3 is 114 Å². The minimum absolute atomic E-state index is 0.0517. The second-order valence-corrected chi connectivity index (χ2v) is 38.8. The normalized spacial score (nSPS) is 25.7. The Morgan fingerprint density at radius 2 is 1.50 bits per heavy atom. The SMILES string of the molecule is COc1cc2cc(c1Cl)N(C)C(=O)C[C@H](OC(=O)[C@H](C)N(C)C(=O)CCSSC[C@H](NC(=O)CC[C@H](NC(=O)[C@@H]1CSSC[C@H](NC(=O)[C@H](N)Cc3ccccc3)C(=O)C[C@@H](Cc3ccc(O)cc3)C(=O)N[C@H](Cc3c[nH]c4ccccc34)C(=O)N[C@@H](CCCCN)C(=O)N[C@@H]([C@@H](C)O)C(=O)N1)C(N)=O)C(N)=O)[C@]1(C)O[C@H]1[C@H](C)[C@@H]1C[C@@](O)(NC(=O)O1)[C@H](OC)/C=C/C=C(\C)C2. The first-order valence-corrected chi connectivity index (χ1v) is 48.2. The Labute approximate surface area is 779 Å². The number of epoxide rings is 1. The summed E-state index contributed by atoms with van der Waals surface area (Å²) in [5.74, 6) is -13.7. The number of halogens is 1. The third-order valence-electron chi connectivity index (χ3n) is 23.4. The number of esters is 1. The molecule has 0 spiro atoms. The molecule has 18 atom stereocenters. The number of alkyl carbamates (subject to hydrolysis) is 1. The molecule has 5 heterocycles. The van der Waals surface area contributed by atoms with Crippen molar-refractivity contribution in [2.24, 2.45) is 34.8 Å². The van der Waals surface area contributed by atoms with Gasteiger partial charge >= 0.3 is 12.1 Å². The van der Waals surface area contributed by atoms with E-state index >= 15 is 14.4 Å². The van der Waals surface area contributed by atoms with Crippen molar-refractivity contribution in [2.45, 2.75) is 214 Å².